The molecule has 0 radical (unpaired) electrons. The summed E-state index contributed by atoms with van der Waals surface area (Å²) in [4.78, 5) is 10.6. The number of ether oxygens (including phenoxy) is 1. The van der Waals surface area contributed by atoms with Gasteiger partial charge in [-0.3, -0.25) is 4.79 Å². The van der Waals surface area contributed by atoms with Crippen molar-refractivity contribution in [3.63, 3.8) is 0 Å². The van der Waals surface area contributed by atoms with Crippen molar-refractivity contribution in [2.75, 3.05) is 7.11 Å². The maximum Gasteiger partial charge on any atom is 0.287 e. The van der Waals surface area contributed by atoms with Crippen molar-refractivity contribution >= 4 is 31.5 Å². The number of carbonyl (C=O) groups excluding carboxylic acids is 1. The van der Waals surface area contributed by atoms with Gasteiger partial charge in [0.05, 0.1) is 7.11 Å². The Morgan fingerprint density at radius 3 is 2.65 bits per heavy atom. The van der Waals surface area contributed by atoms with Gasteiger partial charge in [-0.05, 0) is 34.5 Å². The van der Waals surface area contributed by atoms with Gasteiger partial charge in [0.15, 0.2) is 0 Å². The molecule has 0 heterocycles. The summed E-state index contributed by atoms with van der Waals surface area (Å²) in [5.74, 6) is 0.846. The molecule has 1 amide bonds. The van der Waals surface area contributed by atoms with Gasteiger partial charge >= 0.3 is 0 Å². The number of nitrogens with one attached hydrogen (secondary N) is 1. The number of halogens is 1. The fourth-order valence-electron chi connectivity index (χ4n) is 1.68. The number of hydrogen-bond acceptors (Lipinski definition) is 2. The summed E-state index contributed by atoms with van der Waals surface area (Å²) in [6.45, 7) is 0.520. The minimum absolute atomic E-state index is 0.202. The molecule has 88 valence electrons. The summed E-state index contributed by atoms with van der Waals surface area (Å²) < 4.78 is 5.17. The highest BCUT2D eigenvalue weighted by Gasteiger charge is 2.00. The fourth-order valence-corrected chi connectivity index (χ4v) is 1.82. The van der Waals surface area contributed by atoms with Crippen molar-refractivity contribution in [3.05, 3.63) is 42.0 Å². The molecule has 2 aromatic rings. The summed E-state index contributed by atoms with van der Waals surface area (Å²) in [6, 6.07) is 12.0. The maximum atomic E-state index is 10.8. The topological polar surface area (TPSA) is 38.3 Å². The first-order valence-electron chi connectivity index (χ1n) is 5.19. The summed E-state index contributed by atoms with van der Waals surface area (Å²) >= 11 is 2.83. The molecule has 0 saturated carbocycles. The molecule has 0 bridgehead atoms. The van der Waals surface area contributed by atoms with Crippen LogP contribution in [0.2, 0.25) is 0 Å². The first kappa shape index (κ1) is 11.9. The van der Waals surface area contributed by atoms with Crippen LogP contribution < -0.4 is 10.1 Å². The minimum atomic E-state index is -0.202. The molecule has 1 N–H and O–H groups in total. The van der Waals surface area contributed by atoms with Gasteiger partial charge in [-0.15, -0.1) is 0 Å². The highest BCUT2D eigenvalue weighted by atomic mass is 79.9. The van der Waals surface area contributed by atoms with Crippen LogP contribution in [0.15, 0.2) is 36.4 Å². The van der Waals surface area contributed by atoms with E-state index in [0.29, 0.717) is 6.54 Å². The lowest BCUT2D eigenvalue weighted by atomic mass is 10.1. The molecule has 3 nitrogen and oxygen atoms in total. The number of hydrogen-bond donors (Lipinski definition) is 1. The standard InChI is InChI=1S/C13H12BrNO2/c1-17-12-5-4-10-6-9(8-15-13(14)16)2-3-11(10)7-12/h2-7H,8H2,1H3,(H,15,16). The number of fused-ring (bicyclic) bond motifs is 1. The zero-order chi connectivity index (χ0) is 12.3. The van der Waals surface area contributed by atoms with Gasteiger partial charge in [-0.1, -0.05) is 18.2 Å². The Bertz CT molecular complexity index is 554. The first-order chi connectivity index (χ1) is 8.19. The van der Waals surface area contributed by atoms with E-state index in [2.05, 4.69) is 27.3 Å². The Balaban J connectivity index is 2.28. The van der Waals surface area contributed by atoms with Crippen LogP contribution in [0.5, 0.6) is 5.75 Å². The molecule has 17 heavy (non-hydrogen) atoms. The first-order valence-corrected chi connectivity index (χ1v) is 5.98. The van der Waals surface area contributed by atoms with E-state index in [0.717, 1.165) is 22.1 Å². The van der Waals surface area contributed by atoms with Crippen LogP contribution in [-0.4, -0.2) is 11.9 Å². The van der Waals surface area contributed by atoms with Gasteiger partial charge in [0.1, 0.15) is 5.75 Å². The van der Waals surface area contributed by atoms with E-state index in [-0.39, 0.29) is 4.82 Å². The number of benzene rings is 2. The molecule has 0 atom stereocenters. The van der Waals surface area contributed by atoms with Crippen molar-refractivity contribution in [1.29, 1.82) is 0 Å². The Morgan fingerprint density at radius 2 is 1.94 bits per heavy atom. The molecule has 0 fully saturated rings. The molecule has 4 heteroatoms. The third-order valence-corrected chi connectivity index (χ3v) is 2.82. The summed E-state index contributed by atoms with van der Waals surface area (Å²) in [5.41, 5.74) is 1.07. The molecule has 0 spiro atoms. The van der Waals surface area contributed by atoms with Crippen LogP contribution in [0.3, 0.4) is 0 Å². The van der Waals surface area contributed by atoms with Gasteiger partial charge in [0, 0.05) is 22.5 Å². The van der Waals surface area contributed by atoms with Gasteiger partial charge in [0.25, 0.3) is 4.82 Å². The van der Waals surface area contributed by atoms with E-state index in [9.17, 15) is 4.79 Å². The number of methoxy groups -OCH3 is 1. The zero-order valence-corrected chi connectivity index (χ0v) is 11.0. The quantitative estimate of drug-likeness (QED) is 0.695. The molecule has 0 aromatic heterocycles. The smallest absolute Gasteiger partial charge is 0.287 e. The van der Waals surface area contributed by atoms with E-state index in [1.807, 2.05) is 30.3 Å². The lowest BCUT2D eigenvalue weighted by Gasteiger charge is -2.05. The van der Waals surface area contributed by atoms with Crippen LogP contribution in [0.25, 0.3) is 10.8 Å². The van der Waals surface area contributed by atoms with Crippen LogP contribution in [0, 0.1) is 0 Å². The predicted molar refractivity (Wildman–Crippen MR) is 71.7 cm³/mol. The lowest BCUT2D eigenvalue weighted by Crippen LogP contribution is -2.14. The minimum Gasteiger partial charge on any atom is -0.497 e. The largest absolute Gasteiger partial charge is 0.497 e. The van der Waals surface area contributed by atoms with Crippen LogP contribution >= 0.6 is 15.9 Å². The van der Waals surface area contributed by atoms with Crippen molar-refractivity contribution in [2.45, 2.75) is 6.54 Å². The van der Waals surface area contributed by atoms with Crippen LogP contribution in [-0.2, 0) is 6.54 Å². The van der Waals surface area contributed by atoms with E-state index in [4.69, 9.17) is 4.74 Å². The monoisotopic (exact) mass is 293 g/mol. The van der Waals surface area contributed by atoms with Gasteiger partial charge < -0.3 is 10.1 Å². The lowest BCUT2D eigenvalue weighted by molar-refractivity contribution is 0.261. The van der Waals surface area contributed by atoms with Crippen LogP contribution in [0.1, 0.15) is 5.56 Å². The number of amides is 1. The van der Waals surface area contributed by atoms with E-state index in [1.54, 1.807) is 7.11 Å². The SMILES string of the molecule is COc1ccc2cc(CNC(=O)Br)ccc2c1. The van der Waals surface area contributed by atoms with Crippen LogP contribution in [0.4, 0.5) is 4.79 Å². The highest BCUT2D eigenvalue weighted by Crippen LogP contribution is 2.21. The second kappa shape index (κ2) is 5.19. The number of carbonyl (C=O) groups is 1. The van der Waals surface area contributed by atoms with Crippen molar-refractivity contribution in [3.8, 4) is 5.75 Å². The van der Waals surface area contributed by atoms with E-state index < -0.39 is 0 Å². The normalized spacial score (nSPS) is 10.2. The van der Waals surface area contributed by atoms with Crippen molar-refractivity contribution in [1.82, 2.24) is 5.32 Å². The molecule has 0 unspecified atom stereocenters. The molecule has 0 aliphatic rings. The second-order valence-corrected chi connectivity index (χ2v) is 4.39. The zero-order valence-electron chi connectivity index (χ0n) is 9.37. The van der Waals surface area contributed by atoms with Gasteiger partial charge in [-0.2, -0.15) is 0 Å². The fraction of sp³-hybridized carbons (Fsp3) is 0.154. The van der Waals surface area contributed by atoms with Crippen molar-refractivity contribution in [2.24, 2.45) is 0 Å². The molecule has 2 aromatic carbocycles. The average molecular weight is 294 g/mol. The molecule has 0 saturated heterocycles. The Hall–Kier alpha value is -1.55. The molecule has 0 aliphatic carbocycles. The van der Waals surface area contributed by atoms with Gasteiger partial charge in [-0.25, -0.2) is 0 Å². The Labute approximate surface area is 108 Å². The van der Waals surface area contributed by atoms with Gasteiger partial charge in [0.2, 0.25) is 0 Å². The molecular weight excluding hydrogens is 282 g/mol. The van der Waals surface area contributed by atoms with Crippen molar-refractivity contribution < 1.29 is 9.53 Å². The van der Waals surface area contributed by atoms with E-state index in [1.165, 1.54) is 0 Å². The van der Waals surface area contributed by atoms with E-state index >= 15 is 0 Å². The maximum absolute atomic E-state index is 10.8. The average Bonchev–Trinajstić information content (AvgIpc) is 2.35. The Morgan fingerprint density at radius 1 is 1.24 bits per heavy atom. The third kappa shape index (κ3) is 2.97. The molecule has 0 aliphatic heterocycles. The predicted octanol–water partition coefficient (Wildman–Crippen LogP) is 3.45. The third-order valence-electron chi connectivity index (χ3n) is 2.54. The second-order valence-electron chi connectivity index (χ2n) is 3.67. The molecule has 2 rings (SSSR count). The number of rotatable bonds is 3. The molecular formula is C13H12BrNO2. The summed E-state index contributed by atoms with van der Waals surface area (Å²) in [6.07, 6.45) is 0. The summed E-state index contributed by atoms with van der Waals surface area (Å²) in [7, 11) is 1.65. The summed E-state index contributed by atoms with van der Waals surface area (Å²) in [5, 5.41) is 4.96. The highest BCUT2D eigenvalue weighted by molar-refractivity contribution is 9.18. The Kier molecular flexibility index (Phi) is 3.64.